The number of nitrogens with one attached hydrogen (secondary N) is 1. The smallest absolute Gasteiger partial charge is 0.0233 e. The molecule has 1 saturated heterocycles. The lowest BCUT2D eigenvalue weighted by Crippen LogP contribution is -2.45. The van der Waals surface area contributed by atoms with E-state index in [1.165, 1.54) is 31.5 Å². The Kier molecular flexibility index (Phi) is 8.57. The summed E-state index contributed by atoms with van der Waals surface area (Å²) in [6, 6.07) is 11.4. The number of nitrogens with two attached hydrogens (primary N) is 2. The van der Waals surface area contributed by atoms with Crippen LogP contribution in [0.3, 0.4) is 0 Å². The standard InChI is InChI=1S/C18H33N5/c19-8-13-22(14-9-20)15-10-21-18-6-11-23(12-7-18)16-17-4-2-1-3-5-17/h1-5,18,21H,6-16,19-20H2. The summed E-state index contributed by atoms with van der Waals surface area (Å²) < 4.78 is 0. The molecule has 1 aliphatic rings. The van der Waals surface area contributed by atoms with Crippen molar-refractivity contribution in [2.45, 2.75) is 25.4 Å². The molecule has 0 bridgehead atoms. The first-order chi connectivity index (χ1) is 11.3. The van der Waals surface area contributed by atoms with E-state index < -0.39 is 0 Å². The highest BCUT2D eigenvalue weighted by atomic mass is 15.2. The van der Waals surface area contributed by atoms with Gasteiger partial charge >= 0.3 is 0 Å². The summed E-state index contributed by atoms with van der Waals surface area (Å²) in [5, 5.41) is 3.70. The third-order valence-corrected chi connectivity index (χ3v) is 4.59. The van der Waals surface area contributed by atoms with Gasteiger partial charge in [-0.05, 0) is 31.5 Å². The third-order valence-electron chi connectivity index (χ3n) is 4.59. The molecule has 0 aliphatic carbocycles. The molecule has 1 heterocycles. The average molecular weight is 319 g/mol. The lowest BCUT2D eigenvalue weighted by molar-refractivity contribution is 0.186. The second-order valence-electron chi connectivity index (χ2n) is 6.41. The van der Waals surface area contributed by atoms with Crippen LogP contribution in [0.25, 0.3) is 0 Å². The molecule has 0 radical (unpaired) electrons. The second-order valence-corrected chi connectivity index (χ2v) is 6.41. The summed E-state index contributed by atoms with van der Waals surface area (Å²) in [4.78, 5) is 4.90. The molecular weight excluding hydrogens is 286 g/mol. The number of benzene rings is 1. The van der Waals surface area contributed by atoms with Gasteiger partial charge < -0.3 is 16.8 Å². The predicted octanol–water partition coefficient (Wildman–Crippen LogP) is 0.460. The number of likely N-dealkylation sites (tertiary alicyclic amines) is 1. The van der Waals surface area contributed by atoms with Crippen LogP contribution in [0.2, 0.25) is 0 Å². The van der Waals surface area contributed by atoms with Crippen molar-refractivity contribution >= 4 is 0 Å². The molecule has 5 N–H and O–H groups in total. The summed E-state index contributed by atoms with van der Waals surface area (Å²) in [6.07, 6.45) is 2.47. The Morgan fingerprint density at radius 1 is 1.00 bits per heavy atom. The SMILES string of the molecule is NCCN(CCN)CCNC1CCN(Cc2ccccc2)CC1. The maximum absolute atomic E-state index is 5.64. The van der Waals surface area contributed by atoms with Crippen LogP contribution in [0.5, 0.6) is 0 Å². The van der Waals surface area contributed by atoms with E-state index in [0.717, 1.165) is 32.7 Å². The van der Waals surface area contributed by atoms with Crippen molar-refractivity contribution in [1.82, 2.24) is 15.1 Å². The molecule has 130 valence electrons. The van der Waals surface area contributed by atoms with Crippen LogP contribution in [-0.4, -0.2) is 68.2 Å². The van der Waals surface area contributed by atoms with Crippen LogP contribution in [0, 0.1) is 0 Å². The zero-order valence-electron chi connectivity index (χ0n) is 14.3. The van der Waals surface area contributed by atoms with E-state index in [-0.39, 0.29) is 0 Å². The lowest BCUT2D eigenvalue weighted by Gasteiger charge is -2.33. The summed E-state index contributed by atoms with van der Waals surface area (Å²) in [6.45, 7) is 8.80. The highest BCUT2D eigenvalue weighted by Gasteiger charge is 2.18. The van der Waals surface area contributed by atoms with Crippen LogP contribution in [0.4, 0.5) is 0 Å². The fourth-order valence-electron chi connectivity index (χ4n) is 3.26. The molecule has 2 rings (SSSR count). The molecule has 23 heavy (non-hydrogen) atoms. The largest absolute Gasteiger partial charge is 0.329 e. The van der Waals surface area contributed by atoms with Gasteiger partial charge in [0.15, 0.2) is 0 Å². The number of nitrogens with zero attached hydrogens (tertiary/aromatic N) is 2. The molecule has 5 nitrogen and oxygen atoms in total. The van der Waals surface area contributed by atoms with Crippen LogP contribution in [0.1, 0.15) is 18.4 Å². The third kappa shape index (κ3) is 6.97. The molecule has 1 aromatic carbocycles. The van der Waals surface area contributed by atoms with Gasteiger partial charge in [-0.15, -0.1) is 0 Å². The van der Waals surface area contributed by atoms with Gasteiger partial charge in [-0.25, -0.2) is 0 Å². The number of piperidine rings is 1. The Morgan fingerprint density at radius 2 is 1.65 bits per heavy atom. The fourth-order valence-corrected chi connectivity index (χ4v) is 3.26. The molecule has 0 aromatic heterocycles. The van der Waals surface area contributed by atoms with Gasteiger partial charge in [0.2, 0.25) is 0 Å². The Balaban J connectivity index is 1.61. The maximum atomic E-state index is 5.64. The van der Waals surface area contributed by atoms with Gasteiger partial charge in [0.1, 0.15) is 0 Å². The number of hydrogen-bond acceptors (Lipinski definition) is 5. The van der Waals surface area contributed by atoms with Gasteiger partial charge in [0.05, 0.1) is 0 Å². The van der Waals surface area contributed by atoms with Gasteiger partial charge in [-0.3, -0.25) is 9.80 Å². The minimum atomic E-state index is 0.652. The van der Waals surface area contributed by atoms with Gasteiger partial charge in [0.25, 0.3) is 0 Å². The van der Waals surface area contributed by atoms with E-state index >= 15 is 0 Å². The Labute approximate surface area is 141 Å². The molecule has 0 saturated carbocycles. The predicted molar refractivity (Wildman–Crippen MR) is 97.3 cm³/mol. The van der Waals surface area contributed by atoms with E-state index in [4.69, 9.17) is 11.5 Å². The van der Waals surface area contributed by atoms with E-state index in [2.05, 4.69) is 45.4 Å². The summed E-state index contributed by atoms with van der Waals surface area (Å²) >= 11 is 0. The van der Waals surface area contributed by atoms with E-state index in [9.17, 15) is 0 Å². The van der Waals surface area contributed by atoms with Crippen molar-refractivity contribution in [3.63, 3.8) is 0 Å². The Morgan fingerprint density at radius 3 is 2.26 bits per heavy atom. The molecule has 0 unspecified atom stereocenters. The molecule has 1 aliphatic heterocycles. The van der Waals surface area contributed by atoms with Gasteiger partial charge in [-0.2, -0.15) is 0 Å². The zero-order valence-corrected chi connectivity index (χ0v) is 14.3. The van der Waals surface area contributed by atoms with Crippen molar-refractivity contribution < 1.29 is 0 Å². The maximum Gasteiger partial charge on any atom is 0.0233 e. The molecule has 0 amide bonds. The van der Waals surface area contributed by atoms with Crippen LogP contribution in [0.15, 0.2) is 30.3 Å². The molecular formula is C18H33N5. The van der Waals surface area contributed by atoms with Crippen molar-refractivity contribution in [3.8, 4) is 0 Å². The quantitative estimate of drug-likeness (QED) is 0.584. The molecule has 0 atom stereocenters. The van der Waals surface area contributed by atoms with Crippen LogP contribution >= 0.6 is 0 Å². The Hall–Kier alpha value is -0.980. The van der Waals surface area contributed by atoms with Crippen LogP contribution < -0.4 is 16.8 Å². The first-order valence-corrected chi connectivity index (χ1v) is 8.94. The van der Waals surface area contributed by atoms with E-state index in [1.807, 2.05) is 0 Å². The summed E-state index contributed by atoms with van der Waals surface area (Å²) in [5.41, 5.74) is 12.7. The second kappa shape index (κ2) is 10.7. The topological polar surface area (TPSA) is 70.5 Å². The minimum absolute atomic E-state index is 0.652. The van der Waals surface area contributed by atoms with Gasteiger partial charge in [0, 0.05) is 51.9 Å². The van der Waals surface area contributed by atoms with Crippen molar-refractivity contribution in [3.05, 3.63) is 35.9 Å². The number of rotatable bonds is 10. The zero-order chi connectivity index (χ0) is 16.3. The number of hydrogen-bond donors (Lipinski definition) is 3. The van der Waals surface area contributed by atoms with E-state index in [0.29, 0.717) is 19.1 Å². The fraction of sp³-hybridized carbons (Fsp3) is 0.667. The first-order valence-electron chi connectivity index (χ1n) is 8.94. The molecule has 1 aromatic rings. The normalized spacial score (nSPS) is 17.0. The van der Waals surface area contributed by atoms with E-state index in [1.54, 1.807) is 0 Å². The highest BCUT2D eigenvalue weighted by Crippen LogP contribution is 2.13. The summed E-state index contributed by atoms with van der Waals surface area (Å²) in [7, 11) is 0. The molecule has 1 fully saturated rings. The minimum Gasteiger partial charge on any atom is -0.329 e. The first kappa shape index (κ1) is 18.4. The van der Waals surface area contributed by atoms with Gasteiger partial charge in [-0.1, -0.05) is 30.3 Å². The monoisotopic (exact) mass is 319 g/mol. The lowest BCUT2D eigenvalue weighted by atomic mass is 10.0. The van der Waals surface area contributed by atoms with Crippen molar-refractivity contribution in [1.29, 1.82) is 0 Å². The average Bonchev–Trinajstić information content (AvgIpc) is 2.58. The van der Waals surface area contributed by atoms with Crippen LogP contribution in [-0.2, 0) is 6.54 Å². The summed E-state index contributed by atoms with van der Waals surface area (Å²) in [5.74, 6) is 0. The van der Waals surface area contributed by atoms with Crippen molar-refractivity contribution in [2.24, 2.45) is 11.5 Å². The molecule has 0 spiro atoms. The molecule has 5 heteroatoms. The highest BCUT2D eigenvalue weighted by molar-refractivity contribution is 5.14. The Bertz CT molecular complexity index is 397. The van der Waals surface area contributed by atoms with Crippen molar-refractivity contribution in [2.75, 3.05) is 52.4 Å².